The molecule has 0 aliphatic carbocycles. The van der Waals surface area contributed by atoms with E-state index in [1.54, 1.807) is 48.5 Å². The fourth-order valence-corrected chi connectivity index (χ4v) is 2.49. The van der Waals surface area contributed by atoms with Crippen molar-refractivity contribution in [3.8, 4) is 0 Å². The Morgan fingerprint density at radius 3 is 2.54 bits per heavy atom. The first-order chi connectivity index (χ1) is 12.4. The van der Waals surface area contributed by atoms with E-state index in [0.29, 0.717) is 21.6 Å². The van der Waals surface area contributed by atoms with Gasteiger partial charge >= 0.3 is 5.97 Å². The van der Waals surface area contributed by atoms with Crippen molar-refractivity contribution in [1.29, 1.82) is 0 Å². The number of benzene rings is 2. The molecule has 0 spiro atoms. The number of nitrogens with one attached hydrogen (secondary N) is 2. The maximum atomic E-state index is 12.3. The summed E-state index contributed by atoms with van der Waals surface area (Å²) < 4.78 is 5.15. The van der Waals surface area contributed by atoms with Gasteiger partial charge in [0, 0.05) is 27.7 Å². The van der Waals surface area contributed by atoms with Crippen LogP contribution in [0.2, 0.25) is 5.02 Å². The summed E-state index contributed by atoms with van der Waals surface area (Å²) in [5.41, 5.74) is 0.732. The second-order valence-electron chi connectivity index (χ2n) is 5.64. The van der Waals surface area contributed by atoms with Crippen molar-refractivity contribution in [2.45, 2.75) is 13.0 Å². The average molecular weight is 371 g/mol. The molecule has 3 aromatic rings. The van der Waals surface area contributed by atoms with E-state index in [0.717, 1.165) is 6.07 Å². The van der Waals surface area contributed by atoms with Crippen LogP contribution >= 0.6 is 11.6 Å². The molecule has 0 radical (unpaired) electrons. The minimum atomic E-state index is -1.05. The lowest BCUT2D eigenvalue weighted by molar-refractivity contribution is -0.123. The number of hydrogen-bond acceptors (Lipinski definition) is 4. The van der Waals surface area contributed by atoms with E-state index in [9.17, 15) is 14.4 Å². The van der Waals surface area contributed by atoms with E-state index in [2.05, 4.69) is 10.3 Å². The van der Waals surface area contributed by atoms with Crippen molar-refractivity contribution in [3.63, 3.8) is 0 Å². The lowest BCUT2D eigenvalue weighted by atomic mass is 10.2. The number of anilines is 1. The van der Waals surface area contributed by atoms with Gasteiger partial charge in [-0.25, -0.2) is 4.79 Å². The van der Waals surface area contributed by atoms with Gasteiger partial charge in [-0.3, -0.25) is 9.59 Å². The number of ether oxygens (including phenoxy) is 1. The maximum absolute atomic E-state index is 12.3. The largest absolute Gasteiger partial charge is 0.448 e. The molecule has 1 heterocycles. The predicted molar refractivity (Wildman–Crippen MR) is 99.5 cm³/mol. The van der Waals surface area contributed by atoms with Crippen molar-refractivity contribution in [3.05, 3.63) is 75.5 Å². The van der Waals surface area contributed by atoms with Gasteiger partial charge in [0.25, 0.3) is 5.91 Å². The summed E-state index contributed by atoms with van der Waals surface area (Å²) in [6.07, 6.45) is -1.05. The van der Waals surface area contributed by atoms with Gasteiger partial charge in [0.15, 0.2) is 11.5 Å². The first-order valence-electron chi connectivity index (χ1n) is 7.83. The highest BCUT2D eigenvalue weighted by molar-refractivity contribution is 6.30. The summed E-state index contributed by atoms with van der Waals surface area (Å²) in [6, 6.07) is 14.5. The summed E-state index contributed by atoms with van der Waals surface area (Å²) in [5.74, 6) is -1.28. The Kier molecular flexibility index (Phi) is 5.04. The van der Waals surface area contributed by atoms with Gasteiger partial charge in [-0.05, 0) is 43.3 Å². The number of pyridine rings is 1. The molecule has 6 nitrogen and oxygen atoms in total. The summed E-state index contributed by atoms with van der Waals surface area (Å²) in [7, 11) is 0. The fraction of sp³-hybridized carbons (Fsp3) is 0.105. The topological polar surface area (TPSA) is 88.3 Å². The van der Waals surface area contributed by atoms with E-state index in [-0.39, 0.29) is 11.1 Å². The van der Waals surface area contributed by atoms with Crippen molar-refractivity contribution >= 4 is 40.1 Å². The monoisotopic (exact) mass is 370 g/mol. The predicted octanol–water partition coefficient (Wildman–Crippen LogP) is 3.37. The molecule has 3 rings (SSSR count). The molecule has 0 bridgehead atoms. The minimum Gasteiger partial charge on any atom is -0.448 e. The third kappa shape index (κ3) is 3.92. The molecule has 2 aromatic carbocycles. The quantitative estimate of drug-likeness (QED) is 0.689. The van der Waals surface area contributed by atoms with E-state index < -0.39 is 18.0 Å². The van der Waals surface area contributed by atoms with Crippen LogP contribution in [0.1, 0.15) is 17.4 Å². The summed E-state index contributed by atoms with van der Waals surface area (Å²) in [5, 5.41) is 3.63. The normalized spacial score (nSPS) is 11.8. The number of H-pyrrole nitrogens is 1. The standard InChI is InChI=1S/C19H15ClN2O4/c1-11(18(24)21-13-8-6-12(20)7-9-13)26-19(25)16-10-17(23)14-4-2-3-5-15(14)22-16/h2-11H,1H3,(H,21,24)(H,22,23)/t11-/m1/s1. The Bertz CT molecular complexity index is 1030. The smallest absolute Gasteiger partial charge is 0.355 e. The van der Waals surface area contributed by atoms with Crippen LogP contribution in [-0.2, 0) is 9.53 Å². The van der Waals surface area contributed by atoms with Crippen LogP contribution in [0.3, 0.4) is 0 Å². The lowest BCUT2D eigenvalue weighted by Crippen LogP contribution is -2.30. The molecular weight excluding hydrogens is 356 g/mol. The summed E-state index contributed by atoms with van der Waals surface area (Å²) in [6.45, 7) is 1.45. The number of esters is 1. The zero-order valence-electron chi connectivity index (χ0n) is 13.8. The number of halogens is 1. The van der Waals surface area contributed by atoms with E-state index in [1.165, 1.54) is 6.92 Å². The van der Waals surface area contributed by atoms with Crippen molar-refractivity contribution in [2.75, 3.05) is 5.32 Å². The van der Waals surface area contributed by atoms with Gasteiger partial charge in [-0.1, -0.05) is 23.7 Å². The fourth-order valence-electron chi connectivity index (χ4n) is 2.36. The molecule has 0 saturated heterocycles. The van der Waals surface area contributed by atoms with Gasteiger partial charge in [-0.15, -0.1) is 0 Å². The Balaban J connectivity index is 1.71. The molecule has 26 heavy (non-hydrogen) atoms. The Morgan fingerprint density at radius 2 is 1.81 bits per heavy atom. The van der Waals surface area contributed by atoms with Gasteiger partial charge in [-0.2, -0.15) is 0 Å². The van der Waals surface area contributed by atoms with Crippen molar-refractivity contribution in [2.24, 2.45) is 0 Å². The molecular formula is C19H15ClN2O4. The molecule has 0 fully saturated rings. The number of aromatic nitrogens is 1. The third-order valence-electron chi connectivity index (χ3n) is 3.72. The van der Waals surface area contributed by atoms with Crippen LogP contribution in [0, 0.1) is 0 Å². The molecule has 0 unspecified atom stereocenters. The second-order valence-corrected chi connectivity index (χ2v) is 6.07. The molecule has 1 amide bonds. The number of carbonyl (C=O) groups is 2. The molecule has 0 aliphatic heterocycles. The second kappa shape index (κ2) is 7.41. The van der Waals surface area contributed by atoms with E-state index in [4.69, 9.17) is 16.3 Å². The van der Waals surface area contributed by atoms with Gasteiger partial charge < -0.3 is 15.0 Å². The Hall–Kier alpha value is -3.12. The highest BCUT2D eigenvalue weighted by Gasteiger charge is 2.20. The van der Waals surface area contributed by atoms with Crippen molar-refractivity contribution in [1.82, 2.24) is 4.98 Å². The van der Waals surface area contributed by atoms with Crippen LogP contribution in [0.5, 0.6) is 0 Å². The number of para-hydroxylation sites is 1. The van der Waals surface area contributed by atoms with E-state index in [1.807, 2.05) is 0 Å². The van der Waals surface area contributed by atoms with E-state index >= 15 is 0 Å². The molecule has 1 atom stereocenters. The molecule has 132 valence electrons. The van der Waals surface area contributed by atoms with Gasteiger partial charge in [0.1, 0.15) is 5.69 Å². The number of rotatable bonds is 4. The maximum Gasteiger partial charge on any atom is 0.355 e. The first-order valence-corrected chi connectivity index (χ1v) is 8.21. The number of aromatic amines is 1. The van der Waals surface area contributed by atoms with Crippen LogP contribution in [0.4, 0.5) is 5.69 Å². The summed E-state index contributed by atoms with van der Waals surface area (Å²) >= 11 is 5.79. The zero-order valence-corrected chi connectivity index (χ0v) is 14.5. The van der Waals surface area contributed by atoms with Crippen LogP contribution in [0.15, 0.2) is 59.4 Å². The van der Waals surface area contributed by atoms with Crippen LogP contribution in [-0.4, -0.2) is 23.0 Å². The lowest BCUT2D eigenvalue weighted by Gasteiger charge is -2.13. The molecule has 2 N–H and O–H groups in total. The Morgan fingerprint density at radius 1 is 1.12 bits per heavy atom. The number of fused-ring (bicyclic) bond motifs is 1. The Labute approximate surface area is 153 Å². The van der Waals surface area contributed by atoms with Crippen LogP contribution in [0.25, 0.3) is 10.9 Å². The minimum absolute atomic E-state index is 0.0140. The zero-order chi connectivity index (χ0) is 18.7. The van der Waals surface area contributed by atoms with Gasteiger partial charge in [0.2, 0.25) is 0 Å². The number of hydrogen-bond donors (Lipinski definition) is 2. The number of carbonyl (C=O) groups excluding carboxylic acids is 2. The summed E-state index contributed by atoms with van der Waals surface area (Å²) in [4.78, 5) is 39.3. The average Bonchev–Trinajstić information content (AvgIpc) is 2.63. The molecule has 0 aliphatic rings. The third-order valence-corrected chi connectivity index (χ3v) is 3.97. The molecule has 1 aromatic heterocycles. The van der Waals surface area contributed by atoms with Gasteiger partial charge in [0.05, 0.1) is 0 Å². The SMILES string of the molecule is C[C@@H](OC(=O)c1cc(=O)c2ccccc2[nH]1)C(=O)Nc1ccc(Cl)cc1. The molecule has 7 heteroatoms. The first kappa shape index (κ1) is 17.7. The highest BCUT2D eigenvalue weighted by Crippen LogP contribution is 2.14. The van der Waals surface area contributed by atoms with Crippen molar-refractivity contribution < 1.29 is 14.3 Å². The highest BCUT2D eigenvalue weighted by atomic mass is 35.5. The van der Waals surface area contributed by atoms with Crippen LogP contribution < -0.4 is 10.7 Å². The molecule has 0 saturated carbocycles. The number of amides is 1.